The molecule has 0 saturated heterocycles. The van der Waals surface area contributed by atoms with Gasteiger partial charge in [0.05, 0.1) is 6.10 Å². The molecule has 3 aliphatic rings. The summed E-state index contributed by atoms with van der Waals surface area (Å²) in [4.78, 5) is 0. The summed E-state index contributed by atoms with van der Waals surface area (Å²) in [6.07, 6.45) is 11.6. The number of hydrogen-bond donors (Lipinski definition) is 2. The average molecular weight is 310 g/mol. The van der Waals surface area contributed by atoms with Gasteiger partial charge < -0.3 is 10.2 Å². The minimum Gasteiger partial charge on any atom is -0.508 e. The third-order valence-electron chi connectivity index (χ3n) is 6.95. The van der Waals surface area contributed by atoms with Gasteiger partial charge in [-0.15, -0.1) is 12.3 Å². The van der Waals surface area contributed by atoms with E-state index in [9.17, 15) is 10.2 Å². The molecule has 0 radical (unpaired) electrons. The molecule has 2 fully saturated rings. The van der Waals surface area contributed by atoms with Gasteiger partial charge >= 0.3 is 0 Å². The van der Waals surface area contributed by atoms with E-state index >= 15 is 0 Å². The van der Waals surface area contributed by atoms with Crippen LogP contribution in [0.3, 0.4) is 0 Å². The summed E-state index contributed by atoms with van der Waals surface area (Å²) in [5.74, 6) is 5.51. The first-order valence-corrected chi connectivity index (χ1v) is 8.95. The van der Waals surface area contributed by atoms with Gasteiger partial charge in [-0.05, 0) is 84.5 Å². The number of aryl methyl sites for hydroxylation is 1. The lowest BCUT2D eigenvalue weighted by Crippen LogP contribution is -2.44. The lowest BCUT2D eigenvalue weighted by molar-refractivity contribution is 0.0189. The predicted molar refractivity (Wildman–Crippen MR) is 91.1 cm³/mol. The third-order valence-corrected chi connectivity index (χ3v) is 6.95. The van der Waals surface area contributed by atoms with Crippen molar-refractivity contribution in [2.45, 2.75) is 57.5 Å². The van der Waals surface area contributed by atoms with E-state index in [0.29, 0.717) is 29.4 Å². The highest BCUT2D eigenvalue weighted by atomic mass is 16.3. The SMILES string of the molecule is C#CC[C@H]1C[C@]2(C)C[C@@H](O)C[C@H]2[C@@H]2CCc3cc(O)ccc3[C@@H]12. The molecule has 0 spiro atoms. The number of aromatic hydroxyl groups is 1. The van der Waals surface area contributed by atoms with Gasteiger partial charge in [0.1, 0.15) is 5.75 Å². The van der Waals surface area contributed by atoms with E-state index in [1.807, 2.05) is 12.1 Å². The van der Waals surface area contributed by atoms with Gasteiger partial charge in [-0.1, -0.05) is 13.0 Å². The van der Waals surface area contributed by atoms with Crippen LogP contribution < -0.4 is 0 Å². The first kappa shape index (κ1) is 15.1. The van der Waals surface area contributed by atoms with Gasteiger partial charge in [-0.2, -0.15) is 0 Å². The summed E-state index contributed by atoms with van der Waals surface area (Å²) in [5, 5.41) is 20.1. The number of benzene rings is 1. The van der Waals surface area contributed by atoms with E-state index < -0.39 is 0 Å². The molecule has 122 valence electrons. The standard InChI is InChI=1S/C21H26O2/c1-3-4-14-11-21(2)12-16(23)10-19(21)18-7-5-13-9-15(22)6-8-17(13)20(14)18/h1,6,8-9,14,16,18-20,22-23H,4-5,7,10-12H2,2H3/t14-,16-,18-,19-,20+,21+/m0/s1. The zero-order chi connectivity index (χ0) is 16.2. The Morgan fingerprint density at radius 2 is 2.17 bits per heavy atom. The monoisotopic (exact) mass is 310 g/mol. The van der Waals surface area contributed by atoms with E-state index in [4.69, 9.17) is 6.42 Å². The number of rotatable bonds is 1. The van der Waals surface area contributed by atoms with E-state index in [-0.39, 0.29) is 11.5 Å². The second-order valence-electron chi connectivity index (χ2n) is 8.34. The van der Waals surface area contributed by atoms with Crippen molar-refractivity contribution in [1.82, 2.24) is 0 Å². The molecule has 0 bridgehead atoms. The molecule has 2 N–H and O–H groups in total. The smallest absolute Gasteiger partial charge is 0.115 e. The summed E-state index contributed by atoms with van der Waals surface area (Å²) in [6.45, 7) is 2.37. The lowest BCUT2D eigenvalue weighted by atomic mass is 9.52. The summed E-state index contributed by atoms with van der Waals surface area (Å²) >= 11 is 0. The molecule has 0 aliphatic heterocycles. The Hall–Kier alpha value is -1.46. The van der Waals surface area contributed by atoms with E-state index in [2.05, 4.69) is 18.9 Å². The molecule has 0 heterocycles. The first-order chi connectivity index (χ1) is 11.0. The quantitative estimate of drug-likeness (QED) is 0.773. The molecule has 2 saturated carbocycles. The number of terminal acetylenes is 1. The summed E-state index contributed by atoms with van der Waals surface area (Å²) in [5.41, 5.74) is 2.95. The summed E-state index contributed by atoms with van der Waals surface area (Å²) in [7, 11) is 0. The molecule has 2 heteroatoms. The van der Waals surface area contributed by atoms with Crippen molar-refractivity contribution in [3.05, 3.63) is 29.3 Å². The number of phenols is 1. The van der Waals surface area contributed by atoms with Gasteiger partial charge in [-0.25, -0.2) is 0 Å². The molecule has 4 rings (SSSR count). The topological polar surface area (TPSA) is 40.5 Å². The van der Waals surface area contributed by atoms with Crippen molar-refractivity contribution in [3.63, 3.8) is 0 Å². The Bertz CT molecular complexity index is 658. The molecule has 1 aromatic carbocycles. The molecule has 1 aromatic rings. The number of hydrogen-bond acceptors (Lipinski definition) is 2. The highest BCUT2D eigenvalue weighted by molar-refractivity contribution is 5.40. The fourth-order valence-electron chi connectivity index (χ4n) is 6.27. The molecule has 23 heavy (non-hydrogen) atoms. The molecule has 6 atom stereocenters. The van der Waals surface area contributed by atoms with Crippen LogP contribution in [0.4, 0.5) is 0 Å². The normalized spacial score (nSPS) is 41.5. The fraction of sp³-hybridized carbons (Fsp3) is 0.619. The second kappa shape index (κ2) is 5.28. The largest absolute Gasteiger partial charge is 0.508 e. The van der Waals surface area contributed by atoms with Gasteiger partial charge in [0, 0.05) is 6.42 Å². The Balaban J connectivity index is 1.78. The van der Waals surface area contributed by atoms with E-state index in [0.717, 1.165) is 38.5 Å². The van der Waals surface area contributed by atoms with Crippen molar-refractivity contribution in [1.29, 1.82) is 0 Å². The third kappa shape index (κ3) is 2.29. The molecule has 0 amide bonds. The average Bonchev–Trinajstić information content (AvgIpc) is 2.81. The van der Waals surface area contributed by atoms with Gasteiger partial charge in [0.25, 0.3) is 0 Å². The zero-order valence-corrected chi connectivity index (χ0v) is 13.8. The van der Waals surface area contributed by atoms with Crippen LogP contribution in [-0.2, 0) is 6.42 Å². The first-order valence-electron chi connectivity index (χ1n) is 8.95. The minimum absolute atomic E-state index is 0.142. The van der Waals surface area contributed by atoms with Gasteiger partial charge in [-0.3, -0.25) is 0 Å². The minimum atomic E-state index is -0.142. The molecular formula is C21H26O2. The number of aliphatic hydroxyl groups excluding tert-OH is 1. The van der Waals surface area contributed by atoms with Crippen LogP contribution in [0.25, 0.3) is 0 Å². The molecule has 3 aliphatic carbocycles. The van der Waals surface area contributed by atoms with Crippen LogP contribution in [0.15, 0.2) is 18.2 Å². The highest BCUT2D eigenvalue weighted by Gasteiger charge is 2.55. The van der Waals surface area contributed by atoms with Crippen molar-refractivity contribution >= 4 is 0 Å². The Morgan fingerprint density at radius 3 is 2.96 bits per heavy atom. The lowest BCUT2D eigenvalue weighted by Gasteiger charge is -2.52. The Kier molecular flexibility index (Phi) is 3.46. The fourth-order valence-corrected chi connectivity index (χ4v) is 6.27. The van der Waals surface area contributed by atoms with Crippen LogP contribution in [0, 0.1) is 35.5 Å². The maximum Gasteiger partial charge on any atom is 0.115 e. The zero-order valence-electron chi connectivity index (χ0n) is 13.8. The maximum absolute atomic E-state index is 10.3. The number of aliphatic hydroxyl groups is 1. The summed E-state index contributed by atoms with van der Waals surface area (Å²) in [6, 6.07) is 5.89. The Labute approximate surface area is 138 Å². The predicted octanol–water partition coefficient (Wildman–Crippen LogP) is 3.86. The Morgan fingerprint density at radius 1 is 1.35 bits per heavy atom. The molecular weight excluding hydrogens is 284 g/mol. The second-order valence-corrected chi connectivity index (χ2v) is 8.34. The maximum atomic E-state index is 10.3. The van der Waals surface area contributed by atoms with Crippen LogP contribution >= 0.6 is 0 Å². The van der Waals surface area contributed by atoms with Crippen molar-refractivity contribution < 1.29 is 10.2 Å². The van der Waals surface area contributed by atoms with Crippen LogP contribution in [0.1, 0.15) is 56.1 Å². The molecule has 2 nitrogen and oxygen atoms in total. The van der Waals surface area contributed by atoms with E-state index in [1.165, 1.54) is 11.1 Å². The van der Waals surface area contributed by atoms with Gasteiger partial charge in [0.15, 0.2) is 0 Å². The molecule has 0 unspecified atom stereocenters. The van der Waals surface area contributed by atoms with Crippen LogP contribution in [-0.4, -0.2) is 16.3 Å². The van der Waals surface area contributed by atoms with Crippen molar-refractivity contribution in [2.24, 2.45) is 23.2 Å². The highest BCUT2D eigenvalue weighted by Crippen LogP contribution is 2.63. The summed E-state index contributed by atoms with van der Waals surface area (Å²) < 4.78 is 0. The van der Waals surface area contributed by atoms with Crippen LogP contribution in [0.2, 0.25) is 0 Å². The number of fused-ring (bicyclic) bond motifs is 5. The number of phenolic OH excluding ortho intramolecular Hbond substituents is 1. The molecule has 0 aromatic heterocycles. The van der Waals surface area contributed by atoms with E-state index in [1.54, 1.807) is 0 Å². The van der Waals surface area contributed by atoms with Crippen molar-refractivity contribution in [3.8, 4) is 18.1 Å². The van der Waals surface area contributed by atoms with Gasteiger partial charge in [0.2, 0.25) is 0 Å². The van der Waals surface area contributed by atoms with Crippen molar-refractivity contribution in [2.75, 3.05) is 0 Å². The van der Waals surface area contributed by atoms with Crippen LogP contribution in [0.5, 0.6) is 5.75 Å².